The molecule has 7 heteroatoms. The van der Waals surface area contributed by atoms with Crippen molar-refractivity contribution in [2.45, 2.75) is 13.3 Å². The number of hydrogen-bond donors (Lipinski definition) is 2. The van der Waals surface area contributed by atoms with Crippen molar-refractivity contribution in [3.05, 3.63) is 83.9 Å². The molecule has 0 saturated carbocycles. The summed E-state index contributed by atoms with van der Waals surface area (Å²) in [6.07, 6.45) is 0.0773. The van der Waals surface area contributed by atoms with Gasteiger partial charge in [0.2, 0.25) is 5.91 Å². The van der Waals surface area contributed by atoms with Gasteiger partial charge in [0, 0.05) is 18.7 Å². The summed E-state index contributed by atoms with van der Waals surface area (Å²) < 4.78 is 5.43. The molecule has 4 rings (SSSR count). The van der Waals surface area contributed by atoms with Gasteiger partial charge in [-0.3, -0.25) is 14.4 Å². The van der Waals surface area contributed by atoms with Crippen molar-refractivity contribution in [2.75, 3.05) is 28.7 Å². The molecule has 3 amide bonds. The van der Waals surface area contributed by atoms with Crippen molar-refractivity contribution >= 4 is 34.8 Å². The number of fused-ring (bicyclic) bond motifs is 1. The molecule has 0 aliphatic carbocycles. The van der Waals surface area contributed by atoms with E-state index in [0.717, 1.165) is 5.56 Å². The third-order valence-electron chi connectivity index (χ3n) is 5.09. The van der Waals surface area contributed by atoms with Crippen molar-refractivity contribution in [1.82, 2.24) is 0 Å². The maximum Gasteiger partial charge on any atom is 0.265 e. The second-order valence-corrected chi connectivity index (χ2v) is 7.47. The smallest absolute Gasteiger partial charge is 0.265 e. The number of carbonyl (C=O) groups is 3. The Kier molecular flexibility index (Phi) is 6.17. The minimum atomic E-state index is -0.316. The second kappa shape index (κ2) is 9.34. The van der Waals surface area contributed by atoms with Crippen LogP contribution in [0.5, 0.6) is 5.75 Å². The van der Waals surface area contributed by atoms with Gasteiger partial charge in [-0.1, -0.05) is 36.4 Å². The molecular weight excluding hydrogens is 406 g/mol. The van der Waals surface area contributed by atoms with Crippen LogP contribution in [0.1, 0.15) is 22.3 Å². The average Bonchev–Trinajstić information content (AvgIpc) is 2.79. The van der Waals surface area contributed by atoms with Crippen LogP contribution in [-0.4, -0.2) is 30.9 Å². The molecule has 1 aliphatic rings. The number of benzene rings is 3. The Morgan fingerprint density at radius 3 is 2.59 bits per heavy atom. The molecule has 0 aromatic heterocycles. The van der Waals surface area contributed by atoms with Crippen molar-refractivity contribution in [3.63, 3.8) is 0 Å². The van der Waals surface area contributed by atoms with Gasteiger partial charge in [-0.2, -0.15) is 0 Å². The van der Waals surface area contributed by atoms with Gasteiger partial charge in [0.15, 0.2) is 6.61 Å². The number of nitrogens with zero attached hydrogens (tertiary/aromatic N) is 1. The van der Waals surface area contributed by atoms with E-state index in [2.05, 4.69) is 10.6 Å². The van der Waals surface area contributed by atoms with Crippen LogP contribution >= 0.6 is 0 Å². The van der Waals surface area contributed by atoms with E-state index >= 15 is 0 Å². The highest BCUT2D eigenvalue weighted by atomic mass is 16.5. The normalized spacial score (nSPS) is 12.5. The van der Waals surface area contributed by atoms with Crippen molar-refractivity contribution in [3.8, 4) is 5.75 Å². The van der Waals surface area contributed by atoms with Crippen LogP contribution in [0.25, 0.3) is 0 Å². The number of anilines is 3. The highest BCUT2D eigenvalue weighted by molar-refractivity contribution is 6.10. The fourth-order valence-electron chi connectivity index (χ4n) is 3.54. The van der Waals surface area contributed by atoms with Crippen LogP contribution < -0.4 is 20.3 Å². The van der Waals surface area contributed by atoms with Crippen molar-refractivity contribution in [1.29, 1.82) is 0 Å². The van der Waals surface area contributed by atoms with E-state index in [-0.39, 0.29) is 37.3 Å². The molecule has 0 unspecified atom stereocenters. The standard InChI is InChI=1S/C25H23N3O4/c1-17-7-6-8-18(15-17)26-25(31)19-9-2-3-10-20(19)27-23(29)13-14-28-21-11-4-5-12-22(21)32-16-24(28)30/h2-12,15H,13-14,16H2,1H3,(H,26,31)(H,27,29). The molecule has 0 saturated heterocycles. The number of aryl methyl sites for hydroxylation is 1. The van der Waals surface area contributed by atoms with Gasteiger partial charge < -0.3 is 20.3 Å². The zero-order valence-electron chi connectivity index (χ0n) is 17.6. The molecule has 162 valence electrons. The fraction of sp³-hybridized carbons (Fsp3) is 0.160. The van der Waals surface area contributed by atoms with Gasteiger partial charge in [0.05, 0.1) is 16.9 Å². The number of ether oxygens (including phenoxy) is 1. The molecule has 0 fully saturated rings. The van der Waals surface area contributed by atoms with Gasteiger partial charge >= 0.3 is 0 Å². The number of hydrogen-bond acceptors (Lipinski definition) is 4. The van der Waals surface area contributed by atoms with E-state index in [0.29, 0.717) is 28.4 Å². The first kappa shape index (κ1) is 21.1. The quantitative estimate of drug-likeness (QED) is 0.620. The third-order valence-corrected chi connectivity index (χ3v) is 5.09. The lowest BCUT2D eigenvalue weighted by molar-refractivity contribution is -0.121. The zero-order chi connectivity index (χ0) is 22.5. The lowest BCUT2D eigenvalue weighted by Crippen LogP contribution is -2.40. The SMILES string of the molecule is Cc1cccc(NC(=O)c2ccccc2NC(=O)CCN2C(=O)COc3ccccc32)c1. The third kappa shape index (κ3) is 4.78. The Hall–Kier alpha value is -4.13. The topological polar surface area (TPSA) is 87.7 Å². The minimum absolute atomic E-state index is 0.0550. The first-order chi connectivity index (χ1) is 15.5. The lowest BCUT2D eigenvalue weighted by Gasteiger charge is -2.29. The second-order valence-electron chi connectivity index (χ2n) is 7.47. The van der Waals surface area contributed by atoms with Crippen LogP contribution in [0.2, 0.25) is 0 Å². The first-order valence-electron chi connectivity index (χ1n) is 10.3. The Bertz CT molecular complexity index is 1180. The summed E-state index contributed by atoms with van der Waals surface area (Å²) in [5.41, 5.74) is 3.13. The molecule has 1 aliphatic heterocycles. The van der Waals surface area contributed by atoms with Crippen LogP contribution in [0.4, 0.5) is 17.1 Å². The van der Waals surface area contributed by atoms with E-state index in [4.69, 9.17) is 4.74 Å². The Morgan fingerprint density at radius 2 is 1.75 bits per heavy atom. The van der Waals surface area contributed by atoms with E-state index < -0.39 is 0 Å². The summed E-state index contributed by atoms with van der Waals surface area (Å²) in [6.45, 7) is 2.10. The average molecular weight is 429 g/mol. The summed E-state index contributed by atoms with van der Waals surface area (Å²) in [7, 11) is 0. The summed E-state index contributed by atoms with van der Waals surface area (Å²) in [6, 6.07) is 21.5. The van der Waals surface area contributed by atoms with Crippen LogP contribution in [0.15, 0.2) is 72.8 Å². The van der Waals surface area contributed by atoms with E-state index in [1.807, 2.05) is 43.3 Å². The fourth-order valence-corrected chi connectivity index (χ4v) is 3.54. The zero-order valence-corrected chi connectivity index (χ0v) is 17.6. The van der Waals surface area contributed by atoms with Crippen LogP contribution in [0.3, 0.4) is 0 Å². The highest BCUT2D eigenvalue weighted by Gasteiger charge is 2.25. The molecule has 3 aromatic carbocycles. The summed E-state index contributed by atoms with van der Waals surface area (Å²) >= 11 is 0. The Balaban J connectivity index is 1.42. The minimum Gasteiger partial charge on any atom is -0.482 e. The molecule has 3 aromatic rings. The molecule has 7 nitrogen and oxygen atoms in total. The Morgan fingerprint density at radius 1 is 0.969 bits per heavy atom. The van der Waals surface area contributed by atoms with Gasteiger partial charge in [0.25, 0.3) is 11.8 Å². The van der Waals surface area contributed by atoms with E-state index in [9.17, 15) is 14.4 Å². The number of amides is 3. The number of nitrogens with one attached hydrogen (secondary N) is 2. The number of para-hydroxylation sites is 3. The van der Waals surface area contributed by atoms with E-state index in [1.54, 1.807) is 41.3 Å². The molecule has 2 N–H and O–H groups in total. The molecule has 1 heterocycles. The summed E-state index contributed by atoms with van der Waals surface area (Å²) in [5.74, 6) is -0.193. The first-order valence-corrected chi connectivity index (χ1v) is 10.3. The largest absolute Gasteiger partial charge is 0.482 e. The molecule has 0 bridgehead atoms. The number of carbonyl (C=O) groups excluding carboxylic acids is 3. The monoisotopic (exact) mass is 429 g/mol. The van der Waals surface area contributed by atoms with Gasteiger partial charge in [-0.05, 0) is 48.9 Å². The van der Waals surface area contributed by atoms with Crippen molar-refractivity contribution in [2.24, 2.45) is 0 Å². The Labute approximate surface area is 186 Å². The molecular formula is C25H23N3O4. The molecule has 0 radical (unpaired) electrons. The summed E-state index contributed by atoms with van der Waals surface area (Å²) in [5, 5.41) is 5.65. The highest BCUT2D eigenvalue weighted by Crippen LogP contribution is 2.31. The number of rotatable bonds is 6. The predicted octanol–water partition coefficient (Wildman–Crippen LogP) is 4.00. The predicted molar refractivity (Wildman–Crippen MR) is 123 cm³/mol. The van der Waals surface area contributed by atoms with Gasteiger partial charge in [0.1, 0.15) is 5.75 Å². The van der Waals surface area contributed by atoms with Crippen LogP contribution in [-0.2, 0) is 9.59 Å². The summed E-state index contributed by atoms with van der Waals surface area (Å²) in [4.78, 5) is 39.3. The van der Waals surface area contributed by atoms with Gasteiger partial charge in [-0.15, -0.1) is 0 Å². The maximum atomic E-state index is 12.8. The van der Waals surface area contributed by atoms with E-state index in [1.165, 1.54) is 0 Å². The molecule has 0 atom stereocenters. The molecule has 0 spiro atoms. The van der Waals surface area contributed by atoms with Crippen LogP contribution in [0, 0.1) is 6.92 Å². The maximum absolute atomic E-state index is 12.8. The lowest BCUT2D eigenvalue weighted by atomic mass is 10.1. The van der Waals surface area contributed by atoms with Crippen molar-refractivity contribution < 1.29 is 19.1 Å². The van der Waals surface area contributed by atoms with Gasteiger partial charge in [-0.25, -0.2) is 0 Å². The molecule has 32 heavy (non-hydrogen) atoms.